The minimum Gasteiger partial charge on any atom is -0.394 e. The lowest BCUT2D eigenvalue weighted by molar-refractivity contribution is -0.136. The number of aliphatic hydroxyl groups excluding tert-OH is 5. The van der Waals surface area contributed by atoms with Gasteiger partial charge in [-0.3, -0.25) is 0 Å². The average Bonchev–Trinajstić information content (AvgIpc) is 2.22. The van der Waals surface area contributed by atoms with Crippen molar-refractivity contribution in [2.24, 2.45) is 0 Å². The fraction of sp³-hybridized carbons (Fsp3) is 0.833. The molecule has 4 unspecified atom stereocenters. The van der Waals surface area contributed by atoms with E-state index in [-0.39, 0.29) is 6.29 Å². The first-order valence-electron chi connectivity index (χ1n) is 4.11. The molecule has 0 aliphatic carbocycles. The summed E-state index contributed by atoms with van der Waals surface area (Å²) in [5.41, 5.74) is 0. The third-order valence-corrected chi connectivity index (χ3v) is 1.42. The molecule has 0 saturated heterocycles. The first kappa shape index (κ1) is 18.9. The van der Waals surface area contributed by atoms with Crippen LogP contribution in [-0.2, 0) is 9.36 Å². The first-order chi connectivity index (χ1) is 7.54. The summed E-state index contributed by atoms with van der Waals surface area (Å²) in [4.78, 5) is 31.5. The molecule has 0 aromatic carbocycles. The summed E-state index contributed by atoms with van der Waals surface area (Å²) in [6.45, 7) is -0.760. The second kappa shape index (κ2) is 8.64. The highest BCUT2D eigenvalue weighted by Crippen LogP contribution is 2.25. The molecule has 0 rings (SSSR count). The lowest BCUT2D eigenvalue weighted by atomic mass is 10.0. The van der Waals surface area contributed by atoms with Crippen molar-refractivity contribution in [3.05, 3.63) is 0 Å². The Morgan fingerprint density at radius 1 is 1.00 bits per heavy atom. The van der Waals surface area contributed by atoms with Crippen LogP contribution in [0.3, 0.4) is 0 Å². The van der Waals surface area contributed by atoms with Gasteiger partial charge in [0.05, 0.1) is 6.61 Å². The summed E-state index contributed by atoms with van der Waals surface area (Å²) < 4.78 is 8.88. The van der Waals surface area contributed by atoms with Gasteiger partial charge in [-0.2, -0.15) is 0 Å². The number of carbonyl (C=O) groups is 1. The molecule has 0 bridgehead atoms. The summed E-state index contributed by atoms with van der Waals surface area (Å²) in [6.07, 6.45) is -6.84. The lowest BCUT2D eigenvalue weighted by Gasteiger charge is -2.22. The molecular weight excluding hydrogens is 263 g/mol. The summed E-state index contributed by atoms with van der Waals surface area (Å²) >= 11 is 0. The lowest BCUT2D eigenvalue weighted by Crippen LogP contribution is -2.46. The van der Waals surface area contributed by atoms with Gasteiger partial charge in [0.15, 0.2) is 6.29 Å². The minimum atomic E-state index is -4.64. The van der Waals surface area contributed by atoms with Crippen molar-refractivity contribution in [2.45, 2.75) is 24.4 Å². The Morgan fingerprint density at radius 2 is 1.35 bits per heavy atom. The quantitative estimate of drug-likeness (QED) is 0.180. The van der Waals surface area contributed by atoms with Crippen LogP contribution in [0.1, 0.15) is 0 Å². The smallest absolute Gasteiger partial charge is 0.394 e. The zero-order valence-electron chi connectivity index (χ0n) is 8.44. The molecule has 0 fully saturated rings. The number of hydrogen-bond donors (Lipinski definition) is 8. The van der Waals surface area contributed by atoms with E-state index in [0.29, 0.717) is 0 Å². The van der Waals surface area contributed by atoms with E-state index in [2.05, 4.69) is 0 Å². The van der Waals surface area contributed by atoms with Gasteiger partial charge in [-0.05, 0) is 0 Å². The van der Waals surface area contributed by atoms with Crippen LogP contribution in [0.2, 0.25) is 0 Å². The molecule has 0 aliphatic heterocycles. The highest BCUT2D eigenvalue weighted by atomic mass is 31.2. The summed E-state index contributed by atoms with van der Waals surface area (Å²) in [7, 11) is -4.64. The van der Waals surface area contributed by atoms with Gasteiger partial charge < -0.3 is 45.0 Å². The number of rotatable bonds is 5. The van der Waals surface area contributed by atoms with E-state index in [9.17, 15) is 4.79 Å². The Balaban J connectivity index is 0. The van der Waals surface area contributed by atoms with Crippen molar-refractivity contribution in [3.8, 4) is 0 Å². The monoisotopic (exact) mass is 278 g/mol. The Hall–Kier alpha value is -0.420. The molecule has 0 heterocycles. The normalized spacial score (nSPS) is 18.4. The number of carbonyl (C=O) groups excluding carboxylic acids is 1. The maximum Gasteiger partial charge on any atom is 0.466 e. The number of aldehydes is 1. The maximum atomic E-state index is 9.90. The van der Waals surface area contributed by atoms with Crippen LogP contribution in [-0.4, -0.2) is 77.5 Å². The van der Waals surface area contributed by atoms with Gasteiger partial charge in [0.1, 0.15) is 24.4 Å². The van der Waals surface area contributed by atoms with Crippen LogP contribution in [0, 0.1) is 0 Å². The second-order valence-corrected chi connectivity index (χ2v) is 3.90. The van der Waals surface area contributed by atoms with E-state index in [1.807, 2.05) is 0 Å². The average molecular weight is 278 g/mol. The van der Waals surface area contributed by atoms with E-state index < -0.39 is 38.8 Å². The molecule has 10 nitrogen and oxygen atoms in total. The third kappa shape index (κ3) is 11.8. The predicted octanol–water partition coefficient (Wildman–Crippen LogP) is -4.31. The molecular formula is C6H15O10P. The number of hydrogen-bond acceptors (Lipinski definition) is 7. The Morgan fingerprint density at radius 3 is 1.59 bits per heavy atom. The number of phosphoric acid groups is 1. The van der Waals surface area contributed by atoms with Gasteiger partial charge in [-0.15, -0.1) is 0 Å². The summed E-state index contributed by atoms with van der Waals surface area (Å²) in [5, 5.41) is 43.5. The Kier molecular flexibility index (Phi) is 9.62. The summed E-state index contributed by atoms with van der Waals surface area (Å²) in [6, 6.07) is 0. The molecule has 104 valence electrons. The summed E-state index contributed by atoms with van der Waals surface area (Å²) in [5.74, 6) is 0. The van der Waals surface area contributed by atoms with E-state index >= 15 is 0 Å². The predicted molar refractivity (Wildman–Crippen MR) is 51.4 cm³/mol. The fourth-order valence-corrected chi connectivity index (χ4v) is 0.618. The molecule has 11 heteroatoms. The zero-order chi connectivity index (χ0) is 14.2. The van der Waals surface area contributed by atoms with Crippen molar-refractivity contribution in [3.63, 3.8) is 0 Å². The third-order valence-electron chi connectivity index (χ3n) is 1.42. The van der Waals surface area contributed by atoms with Crippen LogP contribution in [0.15, 0.2) is 0 Å². The fourth-order valence-electron chi connectivity index (χ4n) is 0.618. The highest BCUT2D eigenvalue weighted by molar-refractivity contribution is 7.45. The van der Waals surface area contributed by atoms with Crippen molar-refractivity contribution in [1.29, 1.82) is 0 Å². The molecule has 0 spiro atoms. The minimum absolute atomic E-state index is 0.0258. The second-order valence-electron chi connectivity index (χ2n) is 2.87. The van der Waals surface area contributed by atoms with Gasteiger partial charge in [-0.1, -0.05) is 0 Å². The van der Waals surface area contributed by atoms with Crippen molar-refractivity contribution in [1.82, 2.24) is 0 Å². The Labute approximate surface area is 95.6 Å². The van der Waals surface area contributed by atoms with Gasteiger partial charge in [0.25, 0.3) is 0 Å². The maximum absolute atomic E-state index is 9.90. The molecule has 0 radical (unpaired) electrons. The molecule has 0 aromatic rings. The highest BCUT2D eigenvalue weighted by Gasteiger charge is 2.29. The molecule has 0 aromatic heterocycles. The molecule has 0 saturated carbocycles. The van der Waals surface area contributed by atoms with E-state index in [1.54, 1.807) is 0 Å². The van der Waals surface area contributed by atoms with Crippen LogP contribution in [0.5, 0.6) is 0 Å². The molecule has 4 atom stereocenters. The van der Waals surface area contributed by atoms with Gasteiger partial charge in [0.2, 0.25) is 0 Å². The van der Waals surface area contributed by atoms with Crippen molar-refractivity contribution >= 4 is 14.1 Å². The van der Waals surface area contributed by atoms with Crippen LogP contribution in [0.25, 0.3) is 0 Å². The van der Waals surface area contributed by atoms with Crippen LogP contribution >= 0.6 is 7.82 Å². The molecule has 0 amide bonds. The van der Waals surface area contributed by atoms with Crippen LogP contribution < -0.4 is 0 Å². The van der Waals surface area contributed by atoms with Crippen molar-refractivity contribution in [2.75, 3.05) is 6.61 Å². The van der Waals surface area contributed by atoms with E-state index in [4.69, 9.17) is 44.8 Å². The SMILES string of the molecule is O=CC(O)C(O)C(O)C(O)CO.O=P(O)(O)O. The van der Waals surface area contributed by atoms with Crippen molar-refractivity contribution < 1.29 is 49.6 Å². The largest absolute Gasteiger partial charge is 0.466 e. The number of aliphatic hydroxyl groups is 5. The van der Waals surface area contributed by atoms with E-state index in [1.165, 1.54) is 0 Å². The standard InChI is InChI=1S/C6H12O6.H3O4P/c7-1-3(9)5(11)6(12)4(10)2-8;1-5(2,3)4/h1,3-6,8-12H,2H2;(H3,1,2,3,4). The zero-order valence-corrected chi connectivity index (χ0v) is 9.33. The topological polar surface area (TPSA) is 196 Å². The van der Waals surface area contributed by atoms with Gasteiger partial charge in [-0.25, -0.2) is 4.57 Å². The Bertz CT molecular complexity index is 243. The molecule has 0 aliphatic rings. The van der Waals surface area contributed by atoms with Gasteiger partial charge in [0, 0.05) is 0 Å². The van der Waals surface area contributed by atoms with Gasteiger partial charge >= 0.3 is 7.82 Å². The molecule has 17 heavy (non-hydrogen) atoms. The van der Waals surface area contributed by atoms with E-state index in [0.717, 1.165) is 0 Å². The van der Waals surface area contributed by atoms with Crippen LogP contribution in [0.4, 0.5) is 0 Å². The first-order valence-corrected chi connectivity index (χ1v) is 5.67. The molecule has 8 N–H and O–H groups in total.